The monoisotopic (exact) mass is 420 g/mol. The topological polar surface area (TPSA) is 122 Å². The van der Waals surface area contributed by atoms with E-state index in [1.54, 1.807) is 30.5 Å². The molecule has 10 heteroatoms. The summed E-state index contributed by atoms with van der Waals surface area (Å²) < 4.78 is 5.23. The molecule has 10 nitrogen and oxygen atoms in total. The Morgan fingerprint density at radius 1 is 1.00 bits per heavy atom. The lowest BCUT2D eigenvalue weighted by molar-refractivity contribution is 0.0959. The predicted octanol–water partition coefficient (Wildman–Crippen LogP) is 1.55. The standard InChI is InChI=1S/C21H24N8O2/c1-31-16-7-3-2-6-15(16)21(30)27-26-19-18(22)20(25-14-24-19)29-12-10-28(11-13-29)17-8-4-5-9-23-17/h2-9,14H,10-13,22H2,1H3,(H,27,30)(H,24,25,26). The summed E-state index contributed by atoms with van der Waals surface area (Å²) in [6.07, 6.45) is 3.22. The molecule has 4 rings (SSSR count). The number of carbonyl (C=O) groups excluding carboxylic acids is 1. The van der Waals surface area contributed by atoms with Gasteiger partial charge in [-0.2, -0.15) is 0 Å². The highest BCUT2D eigenvalue weighted by Crippen LogP contribution is 2.27. The number of nitrogens with one attached hydrogen (secondary N) is 2. The molecular weight excluding hydrogens is 396 g/mol. The van der Waals surface area contributed by atoms with E-state index in [4.69, 9.17) is 10.5 Å². The van der Waals surface area contributed by atoms with Gasteiger partial charge in [-0.15, -0.1) is 0 Å². The van der Waals surface area contributed by atoms with Gasteiger partial charge in [0, 0.05) is 32.4 Å². The summed E-state index contributed by atoms with van der Waals surface area (Å²) in [5, 5.41) is 0. The summed E-state index contributed by atoms with van der Waals surface area (Å²) in [5.74, 6) is 2.04. The lowest BCUT2D eigenvalue weighted by Gasteiger charge is -2.36. The molecule has 3 heterocycles. The number of benzene rings is 1. The fraction of sp³-hybridized carbons (Fsp3) is 0.238. The molecule has 0 spiro atoms. The number of amides is 1. The second-order valence-electron chi connectivity index (χ2n) is 6.90. The molecule has 1 amide bonds. The van der Waals surface area contributed by atoms with E-state index in [0.29, 0.717) is 28.6 Å². The number of aromatic nitrogens is 3. The van der Waals surface area contributed by atoms with E-state index in [1.165, 1.54) is 13.4 Å². The van der Waals surface area contributed by atoms with Gasteiger partial charge in [-0.3, -0.25) is 15.6 Å². The number of piperazine rings is 1. The molecule has 0 atom stereocenters. The van der Waals surface area contributed by atoms with E-state index >= 15 is 0 Å². The van der Waals surface area contributed by atoms with Crippen LogP contribution in [0.15, 0.2) is 55.0 Å². The van der Waals surface area contributed by atoms with Crippen molar-refractivity contribution in [1.82, 2.24) is 20.4 Å². The van der Waals surface area contributed by atoms with Gasteiger partial charge in [-0.25, -0.2) is 15.0 Å². The molecule has 1 aliphatic heterocycles. The highest BCUT2D eigenvalue weighted by Gasteiger charge is 2.22. The number of hydrogen-bond donors (Lipinski definition) is 3. The molecule has 3 aromatic rings. The van der Waals surface area contributed by atoms with Gasteiger partial charge in [0.05, 0.1) is 12.7 Å². The van der Waals surface area contributed by atoms with Gasteiger partial charge >= 0.3 is 0 Å². The zero-order chi connectivity index (χ0) is 21.6. The van der Waals surface area contributed by atoms with Gasteiger partial charge in [0.2, 0.25) is 0 Å². The molecule has 31 heavy (non-hydrogen) atoms. The average molecular weight is 420 g/mol. The van der Waals surface area contributed by atoms with Gasteiger partial charge in [0.25, 0.3) is 5.91 Å². The number of hydrogen-bond acceptors (Lipinski definition) is 9. The minimum atomic E-state index is -0.360. The molecule has 0 saturated carbocycles. The van der Waals surface area contributed by atoms with Crippen molar-refractivity contribution in [1.29, 1.82) is 0 Å². The Balaban J connectivity index is 1.41. The first-order chi connectivity index (χ1) is 15.2. The first kappa shape index (κ1) is 20.2. The molecule has 1 aliphatic rings. The van der Waals surface area contributed by atoms with Crippen LogP contribution in [0.2, 0.25) is 0 Å². The second kappa shape index (κ2) is 9.16. The Morgan fingerprint density at radius 3 is 2.48 bits per heavy atom. The first-order valence-electron chi connectivity index (χ1n) is 9.88. The molecule has 160 valence electrons. The van der Waals surface area contributed by atoms with E-state index in [0.717, 1.165) is 32.0 Å². The molecule has 1 fully saturated rings. The summed E-state index contributed by atoms with van der Waals surface area (Å²) >= 11 is 0. The zero-order valence-electron chi connectivity index (χ0n) is 17.2. The van der Waals surface area contributed by atoms with Crippen molar-refractivity contribution in [3.05, 3.63) is 60.6 Å². The van der Waals surface area contributed by atoms with Crippen LogP contribution in [0, 0.1) is 0 Å². The summed E-state index contributed by atoms with van der Waals surface area (Å²) in [7, 11) is 1.52. The highest BCUT2D eigenvalue weighted by molar-refractivity contribution is 5.97. The fourth-order valence-corrected chi connectivity index (χ4v) is 3.44. The van der Waals surface area contributed by atoms with Crippen molar-refractivity contribution in [2.24, 2.45) is 0 Å². The third kappa shape index (κ3) is 4.42. The van der Waals surface area contributed by atoms with E-state index in [1.807, 2.05) is 18.2 Å². The van der Waals surface area contributed by atoms with Gasteiger partial charge in [0.15, 0.2) is 11.6 Å². The lowest BCUT2D eigenvalue weighted by atomic mass is 10.2. The fourth-order valence-electron chi connectivity index (χ4n) is 3.44. The van der Waals surface area contributed by atoms with Crippen molar-refractivity contribution >= 4 is 29.0 Å². The third-order valence-corrected chi connectivity index (χ3v) is 5.06. The zero-order valence-corrected chi connectivity index (χ0v) is 17.2. The van der Waals surface area contributed by atoms with Crippen LogP contribution in [0.3, 0.4) is 0 Å². The maximum Gasteiger partial charge on any atom is 0.273 e. The van der Waals surface area contributed by atoms with Crippen LogP contribution in [0.4, 0.5) is 23.1 Å². The van der Waals surface area contributed by atoms with E-state index in [-0.39, 0.29) is 5.91 Å². The number of carbonyl (C=O) groups is 1. The molecule has 0 unspecified atom stereocenters. The number of ether oxygens (including phenoxy) is 1. The van der Waals surface area contributed by atoms with Crippen molar-refractivity contribution < 1.29 is 9.53 Å². The summed E-state index contributed by atoms with van der Waals surface area (Å²) in [6, 6.07) is 12.8. The summed E-state index contributed by atoms with van der Waals surface area (Å²) in [5.41, 5.74) is 12.5. The van der Waals surface area contributed by atoms with Gasteiger partial charge in [-0.1, -0.05) is 18.2 Å². The number of para-hydroxylation sites is 1. The number of methoxy groups -OCH3 is 1. The summed E-state index contributed by atoms with van der Waals surface area (Å²) in [4.78, 5) is 29.8. The second-order valence-corrected chi connectivity index (χ2v) is 6.90. The molecule has 1 saturated heterocycles. The van der Waals surface area contributed by atoms with Crippen molar-refractivity contribution in [3.63, 3.8) is 0 Å². The molecule has 2 aromatic heterocycles. The van der Waals surface area contributed by atoms with E-state index < -0.39 is 0 Å². The maximum absolute atomic E-state index is 12.5. The van der Waals surface area contributed by atoms with Crippen LogP contribution >= 0.6 is 0 Å². The quantitative estimate of drug-likeness (QED) is 0.510. The Kier molecular flexibility index (Phi) is 5.97. The number of pyridine rings is 1. The van der Waals surface area contributed by atoms with Gasteiger partial charge < -0.3 is 20.3 Å². The SMILES string of the molecule is COc1ccccc1C(=O)NNc1ncnc(N2CCN(c3ccccn3)CC2)c1N. The minimum absolute atomic E-state index is 0.334. The predicted molar refractivity (Wildman–Crippen MR) is 119 cm³/mol. The molecule has 4 N–H and O–H groups in total. The van der Waals surface area contributed by atoms with Crippen LogP contribution in [-0.4, -0.2) is 54.1 Å². The Bertz CT molecular complexity index is 1040. The number of nitrogens with zero attached hydrogens (tertiary/aromatic N) is 5. The minimum Gasteiger partial charge on any atom is -0.496 e. The molecular formula is C21H24N8O2. The van der Waals surface area contributed by atoms with Crippen LogP contribution < -0.4 is 31.1 Å². The van der Waals surface area contributed by atoms with E-state index in [2.05, 4.69) is 35.6 Å². The first-order valence-corrected chi connectivity index (χ1v) is 9.88. The van der Waals surface area contributed by atoms with E-state index in [9.17, 15) is 4.79 Å². The van der Waals surface area contributed by atoms with Crippen LogP contribution in [0.25, 0.3) is 0 Å². The van der Waals surface area contributed by atoms with Crippen molar-refractivity contribution in [3.8, 4) is 5.75 Å². The number of anilines is 4. The molecule has 1 aromatic carbocycles. The average Bonchev–Trinajstić information content (AvgIpc) is 2.84. The Hall–Kier alpha value is -4.08. The van der Waals surface area contributed by atoms with Gasteiger partial charge in [0.1, 0.15) is 23.6 Å². The number of nitrogens with two attached hydrogens (primary N) is 1. The number of rotatable bonds is 6. The molecule has 0 bridgehead atoms. The highest BCUT2D eigenvalue weighted by atomic mass is 16.5. The van der Waals surface area contributed by atoms with Gasteiger partial charge in [-0.05, 0) is 24.3 Å². The third-order valence-electron chi connectivity index (χ3n) is 5.06. The molecule has 0 radical (unpaired) electrons. The maximum atomic E-state index is 12.5. The van der Waals surface area contributed by atoms with Crippen molar-refractivity contribution in [2.45, 2.75) is 0 Å². The smallest absolute Gasteiger partial charge is 0.273 e. The lowest BCUT2D eigenvalue weighted by Crippen LogP contribution is -2.47. The van der Waals surface area contributed by atoms with Crippen LogP contribution in [0.1, 0.15) is 10.4 Å². The van der Waals surface area contributed by atoms with Crippen molar-refractivity contribution in [2.75, 3.05) is 54.2 Å². The molecule has 0 aliphatic carbocycles. The van der Waals surface area contributed by atoms with Crippen LogP contribution in [-0.2, 0) is 0 Å². The largest absolute Gasteiger partial charge is 0.496 e. The Labute approximate surface area is 180 Å². The Morgan fingerprint density at radius 2 is 1.74 bits per heavy atom. The normalized spacial score (nSPS) is 13.6. The number of nitrogen functional groups attached to an aromatic ring is 1. The van der Waals surface area contributed by atoms with Crippen LogP contribution in [0.5, 0.6) is 5.75 Å². The summed E-state index contributed by atoms with van der Waals surface area (Å²) in [6.45, 7) is 3.08. The number of hydrazine groups is 1.